The Hall–Kier alpha value is -4.37. The molecule has 0 bridgehead atoms. The van der Waals surface area contributed by atoms with Crippen molar-refractivity contribution in [2.45, 2.75) is 6.10 Å². The molecular formula is C24H15ClN2O7. The van der Waals surface area contributed by atoms with Gasteiger partial charge in [0.15, 0.2) is 6.10 Å². The average molecular weight is 479 g/mol. The molecule has 0 radical (unpaired) electrons. The summed E-state index contributed by atoms with van der Waals surface area (Å²) in [6.07, 6.45) is -1.35. The third kappa shape index (κ3) is 4.28. The molecule has 3 aromatic rings. The molecule has 170 valence electrons. The van der Waals surface area contributed by atoms with Gasteiger partial charge in [-0.3, -0.25) is 34.2 Å². The predicted octanol–water partition coefficient (Wildman–Crippen LogP) is 4.01. The minimum absolute atomic E-state index is 0.177. The smallest absolute Gasteiger partial charge is 0.327 e. The first kappa shape index (κ1) is 22.8. The summed E-state index contributed by atoms with van der Waals surface area (Å²) in [5.74, 6) is -3.41. The van der Waals surface area contributed by atoms with E-state index in [4.69, 9.17) is 16.3 Å². The van der Waals surface area contributed by atoms with Crippen LogP contribution in [0, 0.1) is 10.1 Å². The number of imide groups is 1. The lowest BCUT2D eigenvalue weighted by Crippen LogP contribution is -2.36. The van der Waals surface area contributed by atoms with E-state index >= 15 is 0 Å². The van der Waals surface area contributed by atoms with Crippen LogP contribution in [-0.2, 0) is 9.53 Å². The number of hydrogen-bond donors (Lipinski definition) is 0. The molecule has 0 N–H and O–H groups in total. The molecule has 34 heavy (non-hydrogen) atoms. The van der Waals surface area contributed by atoms with E-state index in [-0.39, 0.29) is 16.7 Å². The zero-order valence-corrected chi connectivity index (χ0v) is 18.1. The van der Waals surface area contributed by atoms with Crippen LogP contribution in [0.5, 0.6) is 0 Å². The first-order valence-electron chi connectivity index (χ1n) is 9.95. The molecule has 9 nitrogen and oxygen atoms in total. The average Bonchev–Trinajstić information content (AvgIpc) is 3.08. The number of Topliss-reactive ketones (excluding diaryl/α,β-unsaturated/α-hetero) is 1. The molecule has 1 atom stereocenters. The maximum Gasteiger partial charge on any atom is 0.327 e. The SMILES string of the molecule is O=C(CN1C(=O)c2cccc([N+](=O)[O-])c2C1=O)O[C@@H](C(=O)c1ccc(Cl)cc1)c1ccccc1. The molecule has 0 unspecified atom stereocenters. The van der Waals surface area contributed by atoms with Gasteiger partial charge in [0.25, 0.3) is 17.5 Å². The summed E-state index contributed by atoms with van der Waals surface area (Å²) >= 11 is 5.88. The van der Waals surface area contributed by atoms with Gasteiger partial charge in [0.05, 0.1) is 10.5 Å². The number of ketones is 1. The van der Waals surface area contributed by atoms with Gasteiger partial charge in [0.1, 0.15) is 12.1 Å². The first-order valence-corrected chi connectivity index (χ1v) is 10.3. The number of nitro benzene ring substituents is 1. The minimum atomic E-state index is -1.35. The summed E-state index contributed by atoms with van der Waals surface area (Å²) in [5.41, 5.74) is -0.478. The summed E-state index contributed by atoms with van der Waals surface area (Å²) in [7, 11) is 0. The number of benzene rings is 3. The maximum atomic E-state index is 13.1. The maximum absolute atomic E-state index is 13.1. The van der Waals surface area contributed by atoms with Crippen molar-refractivity contribution in [3.8, 4) is 0 Å². The van der Waals surface area contributed by atoms with Gasteiger partial charge in [0, 0.05) is 22.2 Å². The van der Waals surface area contributed by atoms with Crippen LogP contribution in [0.4, 0.5) is 5.69 Å². The molecule has 0 aliphatic carbocycles. The Labute approximate surface area is 197 Å². The summed E-state index contributed by atoms with van der Waals surface area (Å²) in [5, 5.41) is 11.7. The summed E-state index contributed by atoms with van der Waals surface area (Å²) in [6, 6.07) is 17.9. The molecule has 1 heterocycles. The molecular weight excluding hydrogens is 464 g/mol. The monoisotopic (exact) mass is 478 g/mol. The molecule has 3 aromatic carbocycles. The second-order valence-corrected chi connectivity index (χ2v) is 7.74. The van der Waals surface area contributed by atoms with Crippen LogP contribution >= 0.6 is 11.6 Å². The molecule has 1 aliphatic heterocycles. The van der Waals surface area contributed by atoms with Crippen LogP contribution in [0.2, 0.25) is 5.02 Å². The quantitative estimate of drug-likeness (QED) is 0.165. The minimum Gasteiger partial charge on any atom is -0.448 e. The van der Waals surface area contributed by atoms with Gasteiger partial charge in [-0.25, -0.2) is 0 Å². The molecule has 0 fully saturated rings. The van der Waals surface area contributed by atoms with Gasteiger partial charge >= 0.3 is 5.97 Å². The Balaban J connectivity index is 1.58. The van der Waals surface area contributed by atoms with Crippen molar-refractivity contribution in [2.75, 3.05) is 6.54 Å². The Morgan fingerprint density at radius 3 is 2.26 bits per heavy atom. The predicted molar refractivity (Wildman–Crippen MR) is 120 cm³/mol. The molecule has 0 saturated carbocycles. The lowest BCUT2D eigenvalue weighted by molar-refractivity contribution is -0.385. The molecule has 0 spiro atoms. The highest BCUT2D eigenvalue weighted by atomic mass is 35.5. The molecule has 4 rings (SSSR count). The third-order valence-corrected chi connectivity index (χ3v) is 5.43. The Morgan fingerprint density at radius 1 is 0.941 bits per heavy atom. The van der Waals surface area contributed by atoms with E-state index in [1.165, 1.54) is 36.4 Å². The number of amides is 2. The van der Waals surface area contributed by atoms with Gasteiger partial charge in [-0.15, -0.1) is 0 Å². The fourth-order valence-corrected chi connectivity index (χ4v) is 3.70. The Morgan fingerprint density at radius 2 is 1.62 bits per heavy atom. The number of nitrogens with zero attached hydrogens (tertiary/aromatic N) is 2. The Kier molecular flexibility index (Phi) is 6.20. The third-order valence-electron chi connectivity index (χ3n) is 5.18. The van der Waals surface area contributed by atoms with Gasteiger partial charge in [-0.2, -0.15) is 0 Å². The number of carbonyl (C=O) groups excluding carboxylic acids is 4. The number of hydrogen-bond acceptors (Lipinski definition) is 7. The van der Waals surface area contributed by atoms with E-state index < -0.39 is 46.8 Å². The summed E-state index contributed by atoms with van der Waals surface area (Å²) in [4.78, 5) is 62.3. The van der Waals surface area contributed by atoms with Crippen molar-refractivity contribution in [3.63, 3.8) is 0 Å². The topological polar surface area (TPSA) is 124 Å². The van der Waals surface area contributed by atoms with Crippen molar-refractivity contribution < 1.29 is 28.8 Å². The van der Waals surface area contributed by atoms with Crippen molar-refractivity contribution in [1.29, 1.82) is 0 Å². The second-order valence-electron chi connectivity index (χ2n) is 7.30. The fraction of sp³-hybridized carbons (Fsp3) is 0.0833. The van der Waals surface area contributed by atoms with Crippen molar-refractivity contribution in [1.82, 2.24) is 4.90 Å². The van der Waals surface area contributed by atoms with E-state index in [9.17, 15) is 29.3 Å². The molecule has 0 saturated heterocycles. The number of ether oxygens (including phenoxy) is 1. The molecule has 10 heteroatoms. The number of esters is 1. The van der Waals surface area contributed by atoms with E-state index in [0.717, 1.165) is 6.07 Å². The van der Waals surface area contributed by atoms with E-state index in [1.807, 2.05) is 0 Å². The van der Waals surface area contributed by atoms with E-state index in [2.05, 4.69) is 0 Å². The van der Waals surface area contributed by atoms with Crippen LogP contribution in [0.1, 0.15) is 42.7 Å². The number of carbonyl (C=O) groups is 4. The number of halogens is 1. The summed E-state index contributed by atoms with van der Waals surface area (Å²) < 4.78 is 5.42. The zero-order valence-electron chi connectivity index (χ0n) is 17.3. The van der Waals surface area contributed by atoms with Crippen LogP contribution in [0.15, 0.2) is 72.8 Å². The highest BCUT2D eigenvalue weighted by molar-refractivity contribution is 6.30. The van der Waals surface area contributed by atoms with Gasteiger partial charge in [-0.05, 0) is 30.3 Å². The lowest BCUT2D eigenvalue weighted by Gasteiger charge is -2.19. The van der Waals surface area contributed by atoms with Crippen LogP contribution in [0.3, 0.4) is 0 Å². The van der Waals surface area contributed by atoms with Gasteiger partial charge in [0.2, 0.25) is 5.78 Å². The van der Waals surface area contributed by atoms with Gasteiger partial charge < -0.3 is 4.74 Å². The van der Waals surface area contributed by atoms with E-state index in [0.29, 0.717) is 15.5 Å². The number of fused-ring (bicyclic) bond motifs is 1. The normalized spacial score (nSPS) is 13.4. The van der Waals surface area contributed by atoms with Crippen molar-refractivity contribution in [2.24, 2.45) is 0 Å². The van der Waals surface area contributed by atoms with E-state index in [1.54, 1.807) is 30.3 Å². The number of nitro groups is 1. The standard InChI is InChI=1S/C24H15ClN2O7/c25-16-11-9-14(10-12-16)21(29)22(15-5-2-1-3-6-15)34-19(28)13-26-23(30)17-7-4-8-18(27(32)33)20(17)24(26)31/h1-12,22H,13H2/t22-/m1/s1. The van der Waals surface area contributed by atoms with Crippen LogP contribution < -0.4 is 0 Å². The Bertz CT molecular complexity index is 1320. The highest BCUT2D eigenvalue weighted by Gasteiger charge is 2.42. The van der Waals surface area contributed by atoms with Crippen molar-refractivity contribution in [3.05, 3.63) is 110 Å². The van der Waals surface area contributed by atoms with Gasteiger partial charge in [-0.1, -0.05) is 48.0 Å². The van der Waals surface area contributed by atoms with Crippen LogP contribution in [-0.4, -0.2) is 39.9 Å². The zero-order chi connectivity index (χ0) is 24.4. The first-order chi connectivity index (χ1) is 16.3. The molecule has 2 amide bonds. The lowest BCUT2D eigenvalue weighted by atomic mass is 10.00. The van der Waals surface area contributed by atoms with Crippen molar-refractivity contribution >= 4 is 40.9 Å². The molecule has 0 aromatic heterocycles. The highest BCUT2D eigenvalue weighted by Crippen LogP contribution is 2.31. The summed E-state index contributed by atoms with van der Waals surface area (Å²) in [6.45, 7) is -0.819. The largest absolute Gasteiger partial charge is 0.448 e. The number of rotatable bonds is 7. The van der Waals surface area contributed by atoms with Crippen LogP contribution in [0.25, 0.3) is 0 Å². The molecule has 1 aliphatic rings. The fourth-order valence-electron chi connectivity index (χ4n) is 3.58. The second kappa shape index (κ2) is 9.24.